The molecule has 0 aromatic carbocycles. The maximum Gasteiger partial charge on any atom is 0.320 e. The number of rotatable bonds is 3. The largest absolute Gasteiger partial charge is 0.478 e. The molecule has 1 fully saturated rings. The third kappa shape index (κ3) is 2.24. The third-order valence-corrected chi connectivity index (χ3v) is 1.85. The summed E-state index contributed by atoms with van der Waals surface area (Å²) < 4.78 is 4.80. The van der Waals surface area contributed by atoms with Crippen LogP contribution in [-0.4, -0.2) is 29.7 Å². The minimum Gasteiger partial charge on any atom is -0.478 e. The molecule has 0 amide bonds. The Morgan fingerprint density at radius 1 is 2.00 bits per heavy atom. The van der Waals surface area contributed by atoms with Crippen LogP contribution in [0.1, 0.15) is 0 Å². The Labute approximate surface area is 48.8 Å². The Hall–Kier alpha value is -0.140. The van der Waals surface area contributed by atoms with E-state index in [1.54, 1.807) is 0 Å². The van der Waals surface area contributed by atoms with Crippen LogP contribution in [0.15, 0.2) is 0 Å². The van der Waals surface area contributed by atoms with E-state index in [4.69, 9.17) is 9.84 Å². The Morgan fingerprint density at radius 3 is 3.00 bits per heavy atom. The molecular weight excluding hydrogens is 127 g/mol. The zero-order chi connectivity index (χ0) is 5.98. The third-order valence-electron chi connectivity index (χ3n) is 0.883. The van der Waals surface area contributed by atoms with Crippen LogP contribution >= 0.6 is 8.58 Å². The summed E-state index contributed by atoms with van der Waals surface area (Å²) in [5.41, 5.74) is -0.708. The minimum absolute atomic E-state index is 0.0231. The normalized spacial score (nSPS) is 26.8. The highest BCUT2D eigenvalue weighted by atomic mass is 31.1. The van der Waals surface area contributed by atoms with Crippen molar-refractivity contribution in [2.24, 2.45) is 0 Å². The maximum atomic E-state index is 9.89. The van der Waals surface area contributed by atoms with Gasteiger partial charge in [0, 0.05) is 6.16 Å². The molecule has 4 heteroatoms. The second-order valence-electron chi connectivity index (χ2n) is 1.64. The number of carbonyl (C=O) groups is 1. The van der Waals surface area contributed by atoms with E-state index in [2.05, 4.69) is 0 Å². The van der Waals surface area contributed by atoms with Crippen molar-refractivity contribution in [2.75, 3.05) is 12.8 Å². The predicted octanol–water partition coefficient (Wildman–Crippen LogP) is 0.742. The Balaban J connectivity index is 1.95. The lowest BCUT2D eigenvalue weighted by molar-refractivity contribution is 0.221. The molecule has 2 unspecified atom stereocenters. The van der Waals surface area contributed by atoms with Crippen LogP contribution in [-0.2, 0) is 4.74 Å². The van der Waals surface area contributed by atoms with Crippen LogP contribution in [0.5, 0.6) is 0 Å². The highest BCUT2D eigenvalue weighted by Gasteiger charge is 2.22. The van der Waals surface area contributed by atoms with Crippen LogP contribution in [0, 0.1) is 0 Å². The van der Waals surface area contributed by atoms with Gasteiger partial charge in [0.15, 0.2) is 0 Å². The highest BCUT2D eigenvalue weighted by molar-refractivity contribution is 7.57. The first-order valence-electron chi connectivity index (χ1n) is 2.37. The van der Waals surface area contributed by atoms with Crippen molar-refractivity contribution in [1.82, 2.24) is 0 Å². The molecule has 1 rings (SSSR count). The summed E-state index contributed by atoms with van der Waals surface area (Å²) in [4.78, 5) is 9.89. The van der Waals surface area contributed by atoms with E-state index in [1.165, 1.54) is 0 Å². The standard InChI is InChI=1S/C4H7O3P/c5-4(6)8-2-3-1-7-3/h3,8H,1-2H2,(H,5,6). The second-order valence-corrected chi connectivity index (χ2v) is 2.83. The number of hydrogen-bond acceptors (Lipinski definition) is 2. The molecule has 3 nitrogen and oxygen atoms in total. The summed E-state index contributed by atoms with van der Waals surface area (Å²) in [5, 5.41) is 8.15. The van der Waals surface area contributed by atoms with Crippen LogP contribution in [0.4, 0.5) is 4.79 Å². The lowest BCUT2D eigenvalue weighted by Gasteiger charge is -1.86. The van der Waals surface area contributed by atoms with Crippen molar-refractivity contribution < 1.29 is 14.6 Å². The molecular formula is C4H7O3P. The monoisotopic (exact) mass is 134 g/mol. The van der Waals surface area contributed by atoms with Crippen molar-refractivity contribution in [3.8, 4) is 0 Å². The quantitative estimate of drug-likeness (QED) is 0.457. The minimum atomic E-state index is -0.708. The Morgan fingerprint density at radius 2 is 2.62 bits per heavy atom. The van der Waals surface area contributed by atoms with Gasteiger partial charge >= 0.3 is 5.71 Å². The van der Waals surface area contributed by atoms with Crippen molar-refractivity contribution in [3.63, 3.8) is 0 Å². The van der Waals surface area contributed by atoms with E-state index in [0.29, 0.717) is 6.16 Å². The summed E-state index contributed by atoms with van der Waals surface area (Å²) in [5.74, 6) is 0. The average molecular weight is 134 g/mol. The SMILES string of the molecule is O=C(O)PCC1CO1. The first-order valence-corrected chi connectivity index (χ1v) is 3.58. The van der Waals surface area contributed by atoms with E-state index < -0.39 is 5.71 Å². The van der Waals surface area contributed by atoms with Gasteiger partial charge in [0.25, 0.3) is 0 Å². The molecule has 1 aliphatic rings. The summed E-state index contributed by atoms with van der Waals surface area (Å²) in [7, 11) is 0.0231. The van der Waals surface area contributed by atoms with Gasteiger partial charge in [-0.25, -0.2) is 4.79 Å². The van der Waals surface area contributed by atoms with Gasteiger partial charge in [0.2, 0.25) is 0 Å². The lowest BCUT2D eigenvalue weighted by Crippen LogP contribution is -1.90. The molecule has 0 aliphatic carbocycles. The van der Waals surface area contributed by atoms with Gasteiger partial charge in [-0.2, -0.15) is 0 Å². The molecule has 1 N–H and O–H groups in total. The fourth-order valence-electron chi connectivity index (χ4n) is 0.387. The van der Waals surface area contributed by atoms with Gasteiger partial charge in [0.05, 0.1) is 12.7 Å². The molecule has 1 heterocycles. The van der Waals surface area contributed by atoms with E-state index >= 15 is 0 Å². The van der Waals surface area contributed by atoms with Gasteiger partial charge in [0.1, 0.15) is 0 Å². The molecule has 1 saturated heterocycles. The van der Waals surface area contributed by atoms with Crippen LogP contribution in [0.2, 0.25) is 0 Å². The summed E-state index contributed by atoms with van der Waals surface area (Å²) in [6, 6.07) is 0. The molecule has 8 heavy (non-hydrogen) atoms. The fraction of sp³-hybridized carbons (Fsp3) is 0.750. The molecule has 0 bridgehead atoms. The maximum absolute atomic E-state index is 9.89. The van der Waals surface area contributed by atoms with Gasteiger partial charge in [-0.1, -0.05) is 0 Å². The van der Waals surface area contributed by atoms with E-state index in [1.807, 2.05) is 0 Å². The summed E-state index contributed by atoms with van der Waals surface area (Å²) in [6.45, 7) is 0.764. The van der Waals surface area contributed by atoms with Gasteiger partial charge in [-0.3, -0.25) is 0 Å². The molecule has 46 valence electrons. The van der Waals surface area contributed by atoms with Gasteiger partial charge in [-0.05, 0) is 8.58 Å². The Bertz CT molecular complexity index is 99.5. The van der Waals surface area contributed by atoms with E-state index in [-0.39, 0.29) is 14.7 Å². The molecule has 0 saturated carbocycles. The average Bonchev–Trinajstić information content (AvgIpc) is 2.41. The van der Waals surface area contributed by atoms with Crippen molar-refractivity contribution >= 4 is 14.3 Å². The van der Waals surface area contributed by atoms with Crippen LogP contribution in [0.25, 0.3) is 0 Å². The second kappa shape index (κ2) is 2.42. The number of carboxylic acid groups (broad SMARTS) is 1. The Kier molecular flexibility index (Phi) is 1.81. The fourth-order valence-corrected chi connectivity index (χ4v) is 1.03. The number of ether oxygens (including phenoxy) is 1. The van der Waals surface area contributed by atoms with Crippen molar-refractivity contribution in [2.45, 2.75) is 6.10 Å². The van der Waals surface area contributed by atoms with Crippen LogP contribution in [0.3, 0.4) is 0 Å². The number of hydrogen-bond donors (Lipinski definition) is 1. The highest BCUT2D eigenvalue weighted by Crippen LogP contribution is 2.20. The summed E-state index contributed by atoms with van der Waals surface area (Å²) in [6.07, 6.45) is 0.972. The van der Waals surface area contributed by atoms with Gasteiger partial charge in [-0.15, -0.1) is 0 Å². The number of epoxide rings is 1. The molecule has 0 aromatic heterocycles. The predicted molar refractivity (Wildman–Crippen MR) is 30.9 cm³/mol. The smallest absolute Gasteiger partial charge is 0.320 e. The topological polar surface area (TPSA) is 49.8 Å². The zero-order valence-corrected chi connectivity index (χ0v) is 5.26. The first kappa shape index (κ1) is 5.99. The summed E-state index contributed by atoms with van der Waals surface area (Å²) >= 11 is 0. The van der Waals surface area contributed by atoms with E-state index in [9.17, 15) is 4.79 Å². The molecule has 2 atom stereocenters. The van der Waals surface area contributed by atoms with Crippen LogP contribution < -0.4 is 0 Å². The first-order chi connectivity index (χ1) is 3.79. The van der Waals surface area contributed by atoms with Gasteiger partial charge < -0.3 is 9.84 Å². The van der Waals surface area contributed by atoms with Crippen molar-refractivity contribution in [3.05, 3.63) is 0 Å². The zero-order valence-electron chi connectivity index (χ0n) is 4.26. The van der Waals surface area contributed by atoms with Crippen molar-refractivity contribution in [1.29, 1.82) is 0 Å². The lowest BCUT2D eigenvalue weighted by atomic mass is 10.6. The van der Waals surface area contributed by atoms with E-state index in [0.717, 1.165) is 6.61 Å². The molecule has 0 aromatic rings. The molecule has 1 aliphatic heterocycles. The molecule has 0 radical (unpaired) electrons. The molecule has 0 spiro atoms.